The van der Waals surface area contributed by atoms with Crippen molar-refractivity contribution in [3.63, 3.8) is 0 Å². The van der Waals surface area contributed by atoms with E-state index in [0.29, 0.717) is 12.8 Å². The zero-order chi connectivity index (χ0) is 46.5. The van der Waals surface area contributed by atoms with Gasteiger partial charge >= 0.3 is 17.9 Å². The van der Waals surface area contributed by atoms with Gasteiger partial charge in [-0.15, -0.1) is 0 Å². The van der Waals surface area contributed by atoms with E-state index in [2.05, 4.69) is 130 Å². The van der Waals surface area contributed by atoms with E-state index in [1.54, 1.807) is 0 Å². The van der Waals surface area contributed by atoms with Crippen molar-refractivity contribution in [1.29, 1.82) is 0 Å². The monoisotopic (exact) mass is 885 g/mol. The second-order valence-electron chi connectivity index (χ2n) is 16.3. The molecule has 0 heterocycles. The SMILES string of the molecule is CC/C=C\C/C=C\C/C=C\C/C=C\CCCCCCCCC(=O)OCC(COC(=O)CC/C=C\C/C=C\C/C=C\C/C=C\CC)OC(=O)CCCCCCC/C=C\C/C=C\CCCC. The van der Waals surface area contributed by atoms with Crippen LogP contribution in [0.2, 0.25) is 0 Å². The van der Waals surface area contributed by atoms with Gasteiger partial charge in [0.05, 0.1) is 0 Å². The summed E-state index contributed by atoms with van der Waals surface area (Å²) in [6.07, 6.45) is 70.5. The number of esters is 3. The van der Waals surface area contributed by atoms with Crippen LogP contribution in [-0.2, 0) is 28.6 Å². The second kappa shape index (κ2) is 51.4. The summed E-state index contributed by atoms with van der Waals surface area (Å²) in [5, 5.41) is 0. The molecular formula is C58H92O6. The van der Waals surface area contributed by atoms with Gasteiger partial charge in [-0.25, -0.2) is 0 Å². The third kappa shape index (κ3) is 48.8. The Morgan fingerprint density at radius 3 is 1.05 bits per heavy atom. The molecule has 64 heavy (non-hydrogen) atoms. The normalized spacial score (nSPS) is 13.1. The zero-order valence-corrected chi connectivity index (χ0v) is 41.0. The Balaban J connectivity index is 4.51. The van der Waals surface area contributed by atoms with E-state index in [4.69, 9.17) is 14.2 Å². The molecule has 0 spiro atoms. The third-order valence-corrected chi connectivity index (χ3v) is 10.2. The number of rotatable bonds is 44. The van der Waals surface area contributed by atoms with Crippen LogP contribution < -0.4 is 0 Å². The number of carbonyl (C=O) groups is 3. The molecule has 0 aromatic rings. The zero-order valence-electron chi connectivity index (χ0n) is 41.0. The number of hydrogen-bond donors (Lipinski definition) is 0. The van der Waals surface area contributed by atoms with Crippen LogP contribution in [0.1, 0.15) is 207 Å². The molecule has 0 aromatic carbocycles. The maximum absolute atomic E-state index is 12.8. The van der Waals surface area contributed by atoms with Crippen LogP contribution >= 0.6 is 0 Å². The summed E-state index contributed by atoms with van der Waals surface area (Å²) < 4.78 is 16.7. The fourth-order valence-electron chi connectivity index (χ4n) is 6.40. The topological polar surface area (TPSA) is 78.9 Å². The second-order valence-corrected chi connectivity index (χ2v) is 16.3. The van der Waals surface area contributed by atoms with Crippen molar-refractivity contribution < 1.29 is 28.6 Å². The first kappa shape index (κ1) is 59.8. The molecule has 0 N–H and O–H groups in total. The maximum Gasteiger partial charge on any atom is 0.306 e. The molecule has 0 radical (unpaired) electrons. The van der Waals surface area contributed by atoms with Gasteiger partial charge in [-0.2, -0.15) is 0 Å². The van der Waals surface area contributed by atoms with Gasteiger partial charge in [-0.1, -0.05) is 200 Å². The lowest BCUT2D eigenvalue weighted by Crippen LogP contribution is -2.30. The highest BCUT2D eigenvalue weighted by molar-refractivity contribution is 5.71. The van der Waals surface area contributed by atoms with Crippen molar-refractivity contribution in [3.8, 4) is 0 Å². The fraction of sp³-hybridized carbons (Fsp3) is 0.603. The third-order valence-electron chi connectivity index (χ3n) is 10.2. The van der Waals surface area contributed by atoms with E-state index in [9.17, 15) is 14.4 Å². The smallest absolute Gasteiger partial charge is 0.306 e. The Morgan fingerprint density at radius 2 is 0.641 bits per heavy atom. The first-order valence-electron chi connectivity index (χ1n) is 25.5. The van der Waals surface area contributed by atoms with Gasteiger partial charge in [0, 0.05) is 19.3 Å². The molecule has 0 rings (SSSR count). The number of carbonyl (C=O) groups excluding carboxylic acids is 3. The summed E-state index contributed by atoms with van der Waals surface area (Å²) in [5.41, 5.74) is 0. The van der Waals surface area contributed by atoms with E-state index in [-0.39, 0.29) is 44.0 Å². The Kier molecular flexibility index (Phi) is 48.1. The van der Waals surface area contributed by atoms with Gasteiger partial charge in [0.15, 0.2) is 6.10 Å². The van der Waals surface area contributed by atoms with Crippen molar-refractivity contribution in [1.82, 2.24) is 0 Å². The molecule has 0 saturated heterocycles. The highest BCUT2D eigenvalue weighted by Gasteiger charge is 2.19. The number of unbranched alkanes of at least 4 members (excludes halogenated alkanes) is 13. The molecule has 0 aliphatic heterocycles. The lowest BCUT2D eigenvalue weighted by atomic mass is 10.1. The van der Waals surface area contributed by atoms with Crippen molar-refractivity contribution in [3.05, 3.63) is 122 Å². The van der Waals surface area contributed by atoms with E-state index in [0.717, 1.165) is 128 Å². The van der Waals surface area contributed by atoms with E-state index >= 15 is 0 Å². The first-order chi connectivity index (χ1) is 31.5. The standard InChI is InChI=1S/C58H92O6/c1-4-7-10-13-16-19-22-25-27-28-29-30-31-34-36-39-42-45-48-51-57(60)63-54-55(53-62-56(59)50-47-44-41-38-35-32-24-21-18-15-12-9-6-3)64-58(61)52-49-46-43-40-37-33-26-23-20-17-14-11-8-5-2/h7,9-10,12,14,16-19,21,23,25-27,29-30,32,35,41,44,55H,4-6,8,11,13,15,20,22,24,28,31,33-34,36-40,42-43,45-54H2,1-3H3/b10-7-,12-9-,17-14-,19-16-,21-18-,26-23-,27-25-,30-29-,35-32-,44-41-. The maximum atomic E-state index is 12.8. The average molecular weight is 885 g/mol. The van der Waals surface area contributed by atoms with Crippen LogP contribution in [-0.4, -0.2) is 37.2 Å². The van der Waals surface area contributed by atoms with Gasteiger partial charge in [0.1, 0.15) is 13.2 Å². The highest BCUT2D eigenvalue weighted by atomic mass is 16.6. The Labute approximate surface area is 392 Å². The Bertz CT molecular complexity index is 1390. The Hall–Kier alpha value is -4.19. The lowest BCUT2D eigenvalue weighted by Gasteiger charge is -2.18. The molecular weight excluding hydrogens is 793 g/mol. The number of allylic oxidation sites excluding steroid dienone is 20. The minimum atomic E-state index is -0.823. The van der Waals surface area contributed by atoms with E-state index in [1.807, 2.05) is 12.2 Å². The van der Waals surface area contributed by atoms with Crippen LogP contribution in [0.15, 0.2) is 122 Å². The molecule has 360 valence electrons. The van der Waals surface area contributed by atoms with Crippen LogP contribution in [0.3, 0.4) is 0 Å². The summed E-state index contributed by atoms with van der Waals surface area (Å²) >= 11 is 0. The predicted octanol–water partition coefficient (Wildman–Crippen LogP) is 16.9. The van der Waals surface area contributed by atoms with E-state index in [1.165, 1.54) is 32.1 Å². The molecule has 0 aromatic heterocycles. The van der Waals surface area contributed by atoms with Gasteiger partial charge in [0.25, 0.3) is 0 Å². The summed E-state index contributed by atoms with van der Waals surface area (Å²) in [5.74, 6) is -1.04. The molecule has 0 amide bonds. The largest absolute Gasteiger partial charge is 0.462 e. The van der Waals surface area contributed by atoms with Crippen molar-refractivity contribution >= 4 is 17.9 Å². The van der Waals surface area contributed by atoms with Gasteiger partial charge in [0.2, 0.25) is 0 Å². The van der Waals surface area contributed by atoms with Crippen molar-refractivity contribution in [2.24, 2.45) is 0 Å². The molecule has 0 fully saturated rings. The molecule has 0 bridgehead atoms. The van der Waals surface area contributed by atoms with Crippen LogP contribution in [0.4, 0.5) is 0 Å². The quantitative estimate of drug-likeness (QED) is 0.0262. The Morgan fingerprint density at radius 1 is 0.328 bits per heavy atom. The van der Waals surface area contributed by atoms with Gasteiger partial charge in [-0.05, 0) is 109 Å². The first-order valence-corrected chi connectivity index (χ1v) is 25.5. The predicted molar refractivity (Wildman–Crippen MR) is 274 cm³/mol. The fourth-order valence-corrected chi connectivity index (χ4v) is 6.40. The summed E-state index contributed by atoms with van der Waals surface area (Å²) in [6, 6.07) is 0. The highest BCUT2D eigenvalue weighted by Crippen LogP contribution is 2.12. The van der Waals surface area contributed by atoms with Gasteiger partial charge < -0.3 is 14.2 Å². The molecule has 6 heteroatoms. The molecule has 0 saturated carbocycles. The molecule has 0 aliphatic rings. The van der Waals surface area contributed by atoms with E-state index < -0.39 is 6.10 Å². The minimum Gasteiger partial charge on any atom is -0.462 e. The summed E-state index contributed by atoms with van der Waals surface area (Å²) in [4.78, 5) is 37.9. The molecule has 1 atom stereocenters. The van der Waals surface area contributed by atoms with Crippen LogP contribution in [0.5, 0.6) is 0 Å². The number of ether oxygens (including phenoxy) is 3. The summed E-state index contributed by atoms with van der Waals surface area (Å²) in [6.45, 7) is 6.26. The van der Waals surface area contributed by atoms with Crippen LogP contribution in [0.25, 0.3) is 0 Å². The van der Waals surface area contributed by atoms with Crippen LogP contribution in [0, 0.1) is 0 Å². The molecule has 6 nitrogen and oxygen atoms in total. The van der Waals surface area contributed by atoms with Gasteiger partial charge in [-0.3, -0.25) is 14.4 Å². The lowest BCUT2D eigenvalue weighted by molar-refractivity contribution is -0.166. The summed E-state index contributed by atoms with van der Waals surface area (Å²) in [7, 11) is 0. The number of hydrogen-bond acceptors (Lipinski definition) is 6. The molecule has 0 aliphatic carbocycles. The van der Waals surface area contributed by atoms with Crippen molar-refractivity contribution in [2.75, 3.05) is 13.2 Å². The van der Waals surface area contributed by atoms with Crippen molar-refractivity contribution in [2.45, 2.75) is 213 Å². The minimum absolute atomic E-state index is 0.117. The molecule has 1 unspecified atom stereocenters. The average Bonchev–Trinajstić information content (AvgIpc) is 3.29.